The molecule has 0 spiro atoms. The minimum atomic E-state index is -0.475. The molecule has 1 aliphatic heterocycles. The molecule has 0 aliphatic carbocycles. The van der Waals surface area contributed by atoms with Crippen molar-refractivity contribution in [2.75, 3.05) is 37.8 Å². The van der Waals surface area contributed by atoms with E-state index in [1.165, 1.54) is 11.3 Å². The van der Waals surface area contributed by atoms with Gasteiger partial charge in [0.2, 0.25) is 0 Å². The van der Waals surface area contributed by atoms with Gasteiger partial charge >= 0.3 is 5.97 Å². The first kappa shape index (κ1) is 14.6. The van der Waals surface area contributed by atoms with Gasteiger partial charge in [0.05, 0.1) is 12.3 Å². The number of hydrogen-bond donors (Lipinski definition) is 2. The van der Waals surface area contributed by atoms with Gasteiger partial charge in [-0.05, 0) is 26.9 Å². The summed E-state index contributed by atoms with van der Waals surface area (Å²) in [7, 11) is 2.05. The van der Waals surface area contributed by atoms with Crippen LogP contribution in [0, 0.1) is 11.3 Å². The number of nitrogen functional groups attached to an aromatic ring is 1. The molecule has 0 radical (unpaired) electrons. The number of ether oxygens (including phenoxy) is 1. The lowest BCUT2D eigenvalue weighted by molar-refractivity contribution is 0.0529. The fourth-order valence-electron chi connectivity index (χ4n) is 2.27. The van der Waals surface area contributed by atoms with Crippen LogP contribution in [-0.2, 0) is 4.74 Å². The minimum Gasteiger partial charge on any atom is -0.462 e. The van der Waals surface area contributed by atoms with Gasteiger partial charge in [-0.15, -0.1) is 11.3 Å². The SMILES string of the molecule is CCOC(=O)c1c(NC2CCN(C)C2)sc(C#N)c1N. The molecule has 6 nitrogen and oxygen atoms in total. The van der Waals surface area contributed by atoms with Gasteiger partial charge in [-0.2, -0.15) is 5.26 Å². The smallest absolute Gasteiger partial charge is 0.343 e. The molecule has 3 N–H and O–H groups in total. The summed E-state index contributed by atoms with van der Waals surface area (Å²) in [6.07, 6.45) is 0.998. The first-order valence-corrected chi connectivity index (χ1v) is 7.33. The van der Waals surface area contributed by atoms with Crippen LogP contribution in [0.5, 0.6) is 0 Å². The quantitative estimate of drug-likeness (QED) is 0.818. The lowest BCUT2D eigenvalue weighted by atomic mass is 10.2. The van der Waals surface area contributed by atoms with Gasteiger partial charge in [0.1, 0.15) is 21.5 Å². The molecule has 0 amide bonds. The molecular formula is C13H18N4O2S. The van der Waals surface area contributed by atoms with Gasteiger partial charge in [-0.3, -0.25) is 0 Å². The van der Waals surface area contributed by atoms with Gasteiger partial charge in [0.25, 0.3) is 0 Å². The first-order chi connectivity index (χ1) is 9.56. The molecule has 1 aromatic heterocycles. The zero-order chi connectivity index (χ0) is 14.7. The zero-order valence-corrected chi connectivity index (χ0v) is 12.4. The van der Waals surface area contributed by atoms with Crippen LogP contribution in [0.15, 0.2) is 0 Å². The van der Waals surface area contributed by atoms with E-state index in [0.717, 1.165) is 19.5 Å². The normalized spacial score (nSPS) is 18.8. The lowest BCUT2D eigenvalue weighted by Gasteiger charge is -2.14. The number of nitrogens with one attached hydrogen (secondary N) is 1. The van der Waals surface area contributed by atoms with E-state index in [0.29, 0.717) is 15.4 Å². The first-order valence-electron chi connectivity index (χ1n) is 6.51. The third-order valence-electron chi connectivity index (χ3n) is 3.25. The van der Waals surface area contributed by atoms with Gasteiger partial charge in [0.15, 0.2) is 0 Å². The van der Waals surface area contributed by atoms with Crippen LogP contribution in [0.4, 0.5) is 10.7 Å². The molecule has 1 fully saturated rings. The highest BCUT2D eigenvalue weighted by molar-refractivity contribution is 7.17. The van der Waals surface area contributed by atoms with Gasteiger partial charge < -0.3 is 20.7 Å². The average molecular weight is 294 g/mol. The third kappa shape index (κ3) is 2.86. The van der Waals surface area contributed by atoms with Crippen LogP contribution in [0.25, 0.3) is 0 Å². The predicted molar refractivity (Wildman–Crippen MR) is 78.9 cm³/mol. The van der Waals surface area contributed by atoms with Crippen LogP contribution in [0.3, 0.4) is 0 Å². The van der Waals surface area contributed by atoms with E-state index in [-0.39, 0.29) is 18.3 Å². The van der Waals surface area contributed by atoms with Crippen molar-refractivity contribution >= 4 is 28.0 Å². The Kier molecular flexibility index (Phi) is 4.47. The van der Waals surface area contributed by atoms with Crippen molar-refractivity contribution in [1.82, 2.24) is 4.90 Å². The zero-order valence-electron chi connectivity index (χ0n) is 11.6. The molecule has 7 heteroatoms. The molecule has 0 aromatic carbocycles. The van der Waals surface area contributed by atoms with E-state index in [1.807, 2.05) is 6.07 Å². The molecule has 1 aromatic rings. The number of esters is 1. The van der Waals surface area contributed by atoms with E-state index >= 15 is 0 Å². The number of carbonyl (C=O) groups excluding carboxylic acids is 1. The van der Waals surface area contributed by atoms with Crippen molar-refractivity contribution in [3.8, 4) is 6.07 Å². The molecule has 1 unspecified atom stereocenters. The van der Waals surface area contributed by atoms with Crippen molar-refractivity contribution in [2.24, 2.45) is 0 Å². The van der Waals surface area contributed by atoms with Crippen molar-refractivity contribution < 1.29 is 9.53 Å². The number of carbonyl (C=O) groups is 1. The molecule has 2 rings (SSSR count). The Morgan fingerprint density at radius 3 is 3.00 bits per heavy atom. The van der Waals surface area contributed by atoms with E-state index in [9.17, 15) is 4.79 Å². The maximum Gasteiger partial charge on any atom is 0.343 e. The maximum absolute atomic E-state index is 12.0. The summed E-state index contributed by atoms with van der Waals surface area (Å²) in [5.41, 5.74) is 6.39. The molecule has 108 valence electrons. The van der Waals surface area contributed by atoms with Gasteiger partial charge in [-0.1, -0.05) is 0 Å². The molecule has 20 heavy (non-hydrogen) atoms. The molecule has 1 saturated heterocycles. The number of thiophene rings is 1. The summed E-state index contributed by atoms with van der Waals surface area (Å²) in [5, 5.41) is 13.0. The van der Waals surface area contributed by atoms with Crippen molar-refractivity contribution in [2.45, 2.75) is 19.4 Å². The number of rotatable bonds is 4. The number of nitriles is 1. The van der Waals surface area contributed by atoms with Crippen molar-refractivity contribution in [3.05, 3.63) is 10.4 Å². The topological polar surface area (TPSA) is 91.4 Å². The second-order valence-corrected chi connectivity index (χ2v) is 5.79. The van der Waals surface area contributed by atoms with Crippen molar-refractivity contribution in [3.63, 3.8) is 0 Å². The third-order valence-corrected chi connectivity index (χ3v) is 4.29. The minimum absolute atomic E-state index is 0.213. The molecule has 0 bridgehead atoms. The monoisotopic (exact) mass is 294 g/mol. The Morgan fingerprint density at radius 1 is 1.70 bits per heavy atom. The molecule has 1 atom stereocenters. The Morgan fingerprint density at radius 2 is 2.45 bits per heavy atom. The van der Waals surface area contributed by atoms with Crippen LogP contribution in [-0.4, -0.2) is 43.7 Å². The Hall–Kier alpha value is -1.78. The summed E-state index contributed by atoms with van der Waals surface area (Å²) < 4.78 is 5.02. The number of likely N-dealkylation sites (N-methyl/N-ethyl adjacent to an activating group) is 1. The number of nitrogens with two attached hydrogens (primary N) is 1. The van der Waals surface area contributed by atoms with E-state index < -0.39 is 5.97 Å². The predicted octanol–water partition coefficient (Wildman–Crippen LogP) is 1.49. The van der Waals surface area contributed by atoms with Crippen LogP contribution >= 0.6 is 11.3 Å². The summed E-state index contributed by atoms with van der Waals surface area (Å²) in [6, 6.07) is 2.28. The van der Waals surface area contributed by atoms with Gasteiger partial charge in [0, 0.05) is 12.6 Å². The number of hydrogen-bond acceptors (Lipinski definition) is 7. The van der Waals surface area contributed by atoms with Crippen LogP contribution in [0.2, 0.25) is 0 Å². The molecule has 2 heterocycles. The maximum atomic E-state index is 12.0. The second-order valence-electron chi connectivity index (χ2n) is 4.77. The highest BCUT2D eigenvalue weighted by atomic mass is 32.1. The Balaban J connectivity index is 2.27. The highest BCUT2D eigenvalue weighted by Crippen LogP contribution is 2.36. The Labute approximate surface area is 122 Å². The number of anilines is 2. The van der Waals surface area contributed by atoms with E-state index in [2.05, 4.69) is 17.3 Å². The number of likely N-dealkylation sites (tertiary alicyclic amines) is 1. The standard InChI is InChI=1S/C13H18N4O2S/c1-3-19-13(18)10-11(15)9(6-14)20-12(10)16-8-4-5-17(2)7-8/h8,16H,3-5,7,15H2,1-2H3. The second kappa shape index (κ2) is 6.11. The van der Waals surface area contributed by atoms with Gasteiger partial charge in [-0.25, -0.2) is 4.79 Å². The van der Waals surface area contributed by atoms with E-state index in [4.69, 9.17) is 15.7 Å². The fraction of sp³-hybridized carbons (Fsp3) is 0.538. The van der Waals surface area contributed by atoms with E-state index in [1.54, 1.807) is 6.92 Å². The van der Waals surface area contributed by atoms with Crippen molar-refractivity contribution in [1.29, 1.82) is 5.26 Å². The van der Waals surface area contributed by atoms with Crippen LogP contribution in [0.1, 0.15) is 28.6 Å². The summed E-state index contributed by atoms with van der Waals surface area (Å²) in [4.78, 5) is 14.6. The average Bonchev–Trinajstić information content (AvgIpc) is 2.94. The highest BCUT2D eigenvalue weighted by Gasteiger charge is 2.27. The fourth-order valence-corrected chi connectivity index (χ4v) is 3.26. The van der Waals surface area contributed by atoms with Crippen LogP contribution < -0.4 is 11.1 Å². The molecule has 0 saturated carbocycles. The number of nitrogens with zero attached hydrogens (tertiary/aromatic N) is 2. The molecule has 1 aliphatic rings. The largest absolute Gasteiger partial charge is 0.462 e. The summed E-state index contributed by atoms with van der Waals surface area (Å²) >= 11 is 1.21. The Bertz CT molecular complexity index is 549. The molecular weight excluding hydrogens is 276 g/mol. The lowest BCUT2D eigenvalue weighted by Crippen LogP contribution is -2.24. The summed E-state index contributed by atoms with van der Waals surface area (Å²) in [6.45, 7) is 3.94. The summed E-state index contributed by atoms with van der Waals surface area (Å²) in [5.74, 6) is -0.475.